The average Bonchev–Trinajstić information content (AvgIpc) is 2.82. The van der Waals surface area contributed by atoms with E-state index in [4.69, 9.17) is 18.9 Å². The van der Waals surface area contributed by atoms with Gasteiger partial charge in [0.25, 0.3) is 11.8 Å². The number of carbonyl (C=O) groups is 4. The highest BCUT2D eigenvalue weighted by Gasteiger charge is 2.16. The number of amides is 4. The molecule has 0 bridgehead atoms. The summed E-state index contributed by atoms with van der Waals surface area (Å²) in [4.78, 5) is 47.4. The molecule has 0 aromatic heterocycles. The number of urea groups is 1. The Morgan fingerprint density at radius 1 is 0.912 bits per heavy atom. The van der Waals surface area contributed by atoms with Gasteiger partial charge in [-0.25, -0.2) is 14.0 Å². The molecule has 0 aliphatic rings. The van der Waals surface area contributed by atoms with Gasteiger partial charge in [0, 0.05) is 19.3 Å². The molecule has 4 amide bonds. The summed E-state index contributed by atoms with van der Waals surface area (Å²) in [5.41, 5.74) is 0.453. The third kappa shape index (κ3) is 8.74. The number of benzene rings is 2. The fourth-order valence-electron chi connectivity index (χ4n) is 2.48. The number of nitrogens with one attached hydrogen (secondary N) is 3. The summed E-state index contributed by atoms with van der Waals surface area (Å²) in [5.74, 6) is -2.25. The molecule has 2 aromatic rings. The summed E-state index contributed by atoms with van der Waals surface area (Å²) in [6.07, 6.45) is 0. The largest absolute Gasteiger partial charge is 0.493 e. The fraction of sp³-hybridized carbons (Fsp3) is 0.273. The summed E-state index contributed by atoms with van der Waals surface area (Å²) < 4.78 is 33.2. The van der Waals surface area contributed by atoms with Crippen molar-refractivity contribution in [1.82, 2.24) is 10.6 Å². The van der Waals surface area contributed by atoms with Crippen molar-refractivity contribution in [2.75, 3.05) is 45.9 Å². The Kier molecular flexibility index (Phi) is 10.3. The van der Waals surface area contributed by atoms with Gasteiger partial charge in [-0.15, -0.1) is 0 Å². The number of imide groups is 1. The van der Waals surface area contributed by atoms with Crippen LogP contribution in [0.5, 0.6) is 11.5 Å². The Morgan fingerprint density at radius 2 is 1.65 bits per heavy atom. The molecule has 0 radical (unpaired) electrons. The van der Waals surface area contributed by atoms with E-state index in [1.54, 1.807) is 0 Å². The first-order valence-corrected chi connectivity index (χ1v) is 9.92. The molecule has 11 nitrogen and oxygen atoms in total. The second kappa shape index (κ2) is 13.4. The summed E-state index contributed by atoms with van der Waals surface area (Å²) in [6.45, 7) is -0.570. The van der Waals surface area contributed by atoms with E-state index in [2.05, 4.69) is 10.6 Å². The molecule has 0 heterocycles. The smallest absolute Gasteiger partial charge is 0.338 e. The molecule has 2 aromatic carbocycles. The van der Waals surface area contributed by atoms with E-state index in [0.717, 1.165) is 0 Å². The van der Waals surface area contributed by atoms with E-state index >= 15 is 0 Å². The number of methoxy groups -OCH3 is 2. The van der Waals surface area contributed by atoms with Crippen molar-refractivity contribution in [1.29, 1.82) is 0 Å². The fourth-order valence-corrected chi connectivity index (χ4v) is 2.48. The molecule has 0 unspecified atom stereocenters. The van der Waals surface area contributed by atoms with Crippen LogP contribution in [0.15, 0.2) is 42.5 Å². The summed E-state index contributed by atoms with van der Waals surface area (Å²) in [5, 5.41) is 6.93. The predicted octanol–water partition coefficient (Wildman–Crippen LogP) is 1.48. The van der Waals surface area contributed by atoms with Gasteiger partial charge in [0.05, 0.1) is 19.3 Å². The van der Waals surface area contributed by atoms with Crippen LogP contribution in [0.25, 0.3) is 0 Å². The van der Waals surface area contributed by atoms with Gasteiger partial charge in [-0.05, 0) is 42.5 Å². The van der Waals surface area contributed by atoms with Crippen LogP contribution in [-0.2, 0) is 19.1 Å². The molecule has 0 saturated heterocycles. The normalized spacial score (nSPS) is 10.1. The molecule has 2 rings (SSSR count). The first-order chi connectivity index (χ1) is 16.3. The van der Waals surface area contributed by atoms with Crippen LogP contribution in [0.3, 0.4) is 0 Å². The van der Waals surface area contributed by atoms with Crippen LogP contribution in [0.4, 0.5) is 14.9 Å². The van der Waals surface area contributed by atoms with Gasteiger partial charge in [-0.2, -0.15) is 0 Å². The number of esters is 1. The number of carbonyl (C=O) groups excluding carboxylic acids is 4. The van der Waals surface area contributed by atoms with Crippen molar-refractivity contribution < 1.29 is 42.5 Å². The van der Waals surface area contributed by atoms with Crippen LogP contribution in [0, 0.1) is 5.82 Å². The molecular weight excluding hydrogens is 453 g/mol. The van der Waals surface area contributed by atoms with Gasteiger partial charge in [-0.3, -0.25) is 14.9 Å². The maximum atomic E-state index is 12.9. The number of hydrogen-bond donors (Lipinski definition) is 3. The third-order valence-electron chi connectivity index (χ3n) is 4.07. The monoisotopic (exact) mass is 477 g/mol. The number of halogens is 1. The first kappa shape index (κ1) is 26.1. The predicted molar refractivity (Wildman–Crippen MR) is 117 cm³/mol. The molecule has 0 spiro atoms. The Balaban J connectivity index is 1.85. The van der Waals surface area contributed by atoms with Crippen LogP contribution in [0.2, 0.25) is 0 Å². The molecule has 3 N–H and O–H groups in total. The highest BCUT2D eigenvalue weighted by molar-refractivity contribution is 5.97. The number of rotatable bonds is 11. The number of hydrogen-bond acceptors (Lipinski definition) is 8. The zero-order chi connectivity index (χ0) is 24.9. The standard InChI is InChI=1S/C22H24FN3O8/c1-31-10-9-24-22(30)26-20(28)13-34-21(29)14-3-8-17(18(11-14)32-2)33-12-19(27)25-16-6-4-15(23)5-7-16/h3-8,11H,9-10,12-13H2,1-2H3,(H,25,27)(H2,24,26,28,30). The zero-order valence-electron chi connectivity index (χ0n) is 18.5. The summed E-state index contributed by atoms with van der Waals surface area (Å²) in [7, 11) is 2.80. The minimum absolute atomic E-state index is 0.0531. The lowest BCUT2D eigenvalue weighted by molar-refractivity contribution is -0.123. The van der Waals surface area contributed by atoms with Crippen molar-refractivity contribution in [2.45, 2.75) is 0 Å². The van der Waals surface area contributed by atoms with Gasteiger partial charge in [0.2, 0.25) is 0 Å². The van der Waals surface area contributed by atoms with Gasteiger partial charge >= 0.3 is 12.0 Å². The van der Waals surface area contributed by atoms with E-state index < -0.39 is 36.2 Å². The van der Waals surface area contributed by atoms with Gasteiger partial charge in [0.1, 0.15) is 5.82 Å². The Labute approximate surface area is 194 Å². The SMILES string of the molecule is COCCNC(=O)NC(=O)COC(=O)c1ccc(OCC(=O)Nc2ccc(F)cc2)c(OC)c1. The first-order valence-electron chi connectivity index (χ1n) is 9.92. The average molecular weight is 477 g/mol. The minimum atomic E-state index is -0.839. The second-order valence-corrected chi connectivity index (χ2v) is 6.58. The summed E-state index contributed by atoms with van der Waals surface area (Å²) >= 11 is 0. The molecule has 0 aliphatic heterocycles. The van der Waals surface area contributed by atoms with Crippen molar-refractivity contribution in [2.24, 2.45) is 0 Å². The Bertz CT molecular complexity index is 1010. The van der Waals surface area contributed by atoms with Crippen molar-refractivity contribution in [3.05, 3.63) is 53.8 Å². The molecule has 0 saturated carbocycles. The highest BCUT2D eigenvalue weighted by atomic mass is 19.1. The zero-order valence-corrected chi connectivity index (χ0v) is 18.5. The third-order valence-corrected chi connectivity index (χ3v) is 4.07. The van der Waals surface area contributed by atoms with E-state index in [1.165, 1.54) is 56.7 Å². The minimum Gasteiger partial charge on any atom is -0.493 e. The van der Waals surface area contributed by atoms with Crippen LogP contribution < -0.4 is 25.4 Å². The molecule has 182 valence electrons. The second-order valence-electron chi connectivity index (χ2n) is 6.58. The number of anilines is 1. The Hall–Kier alpha value is -4.19. The van der Waals surface area contributed by atoms with Crippen LogP contribution >= 0.6 is 0 Å². The lowest BCUT2D eigenvalue weighted by atomic mass is 10.2. The molecule has 12 heteroatoms. The Morgan fingerprint density at radius 3 is 2.32 bits per heavy atom. The quantitative estimate of drug-likeness (QED) is 0.327. The van der Waals surface area contributed by atoms with Crippen LogP contribution in [0.1, 0.15) is 10.4 Å². The van der Waals surface area contributed by atoms with Gasteiger partial charge in [-0.1, -0.05) is 0 Å². The molecule has 34 heavy (non-hydrogen) atoms. The van der Waals surface area contributed by atoms with E-state index in [9.17, 15) is 23.6 Å². The molecular formula is C22H24FN3O8. The molecule has 0 atom stereocenters. The van der Waals surface area contributed by atoms with Crippen LogP contribution in [-0.4, -0.2) is 64.4 Å². The van der Waals surface area contributed by atoms with Crippen molar-refractivity contribution >= 4 is 29.5 Å². The highest BCUT2D eigenvalue weighted by Crippen LogP contribution is 2.28. The van der Waals surface area contributed by atoms with Crippen molar-refractivity contribution in [3.63, 3.8) is 0 Å². The van der Waals surface area contributed by atoms with Gasteiger partial charge in [0.15, 0.2) is 24.7 Å². The lowest BCUT2D eigenvalue weighted by Gasteiger charge is -2.12. The van der Waals surface area contributed by atoms with E-state index in [1.807, 2.05) is 5.32 Å². The maximum absolute atomic E-state index is 12.9. The molecule has 0 fully saturated rings. The van der Waals surface area contributed by atoms with E-state index in [-0.39, 0.29) is 36.8 Å². The lowest BCUT2D eigenvalue weighted by Crippen LogP contribution is -2.42. The van der Waals surface area contributed by atoms with E-state index in [0.29, 0.717) is 5.69 Å². The maximum Gasteiger partial charge on any atom is 0.338 e. The summed E-state index contributed by atoms with van der Waals surface area (Å²) in [6, 6.07) is 8.54. The number of ether oxygens (including phenoxy) is 4. The topological polar surface area (TPSA) is 141 Å². The van der Waals surface area contributed by atoms with Crippen molar-refractivity contribution in [3.8, 4) is 11.5 Å². The van der Waals surface area contributed by atoms with Gasteiger partial charge < -0.3 is 29.6 Å². The molecule has 0 aliphatic carbocycles.